The molecule has 4 rings (SSSR count). The molecule has 4 aliphatic rings. The Labute approximate surface area is 107 Å². The number of fused-ring (bicyclic) bond motifs is 5. The van der Waals surface area contributed by atoms with Crippen molar-refractivity contribution in [3.8, 4) is 0 Å². The highest BCUT2D eigenvalue weighted by molar-refractivity contribution is 6.06. The third-order valence-electron chi connectivity index (χ3n) is 5.43. The molecule has 2 heterocycles. The van der Waals surface area contributed by atoms with Gasteiger partial charge in [-0.1, -0.05) is 0 Å². The molecular formula is C14H19NO3. The molecule has 4 nitrogen and oxygen atoms in total. The normalized spacial score (nSPS) is 46.2. The Morgan fingerprint density at radius 1 is 1.06 bits per heavy atom. The monoisotopic (exact) mass is 249 g/mol. The van der Waals surface area contributed by atoms with Crippen LogP contribution in [0.25, 0.3) is 0 Å². The predicted molar refractivity (Wildman–Crippen MR) is 63.5 cm³/mol. The molecule has 4 heteroatoms. The second-order valence-electron chi connectivity index (χ2n) is 6.31. The number of nitrogens with zero attached hydrogens (tertiary/aromatic N) is 1. The third kappa shape index (κ3) is 1.35. The van der Waals surface area contributed by atoms with Crippen LogP contribution in [0.2, 0.25) is 0 Å². The second-order valence-corrected chi connectivity index (χ2v) is 6.31. The van der Waals surface area contributed by atoms with E-state index in [2.05, 4.69) is 0 Å². The molecule has 2 saturated heterocycles. The van der Waals surface area contributed by atoms with Crippen molar-refractivity contribution in [2.75, 3.05) is 13.2 Å². The van der Waals surface area contributed by atoms with Crippen molar-refractivity contribution < 1.29 is 14.3 Å². The minimum absolute atomic E-state index is 0.0256. The Bertz CT molecular complexity index is 374. The van der Waals surface area contributed by atoms with Crippen LogP contribution in [-0.4, -0.2) is 36.0 Å². The van der Waals surface area contributed by atoms with Gasteiger partial charge in [-0.2, -0.15) is 0 Å². The first-order valence-electron chi connectivity index (χ1n) is 7.22. The zero-order chi connectivity index (χ0) is 12.3. The maximum Gasteiger partial charge on any atom is 0.233 e. The molecule has 2 aliphatic heterocycles. The molecule has 2 saturated carbocycles. The summed E-state index contributed by atoms with van der Waals surface area (Å²) in [5, 5.41) is 0. The molecule has 0 aromatic carbocycles. The molecule has 2 bridgehead atoms. The number of imide groups is 1. The van der Waals surface area contributed by atoms with Gasteiger partial charge in [-0.05, 0) is 43.9 Å². The predicted octanol–water partition coefficient (Wildman–Crippen LogP) is 1.20. The number of carbonyl (C=O) groups excluding carboxylic acids is 2. The molecular weight excluding hydrogens is 230 g/mol. The quantitative estimate of drug-likeness (QED) is 0.691. The van der Waals surface area contributed by atoms with Crippen LogP contribution in [0.4, 0.5) is 0 Å². The van der Waals surface area contributed by atoms with E-state index in [9.17, 15) is 9.59 Å². The Morgan fingerprint density at radius 2 is 1.72 bits per heavy atom. The highest BCUT2D eigenvalue weighted by Gasteiger charge is 2.60. The van der Waals surface area contributed by atoms with Gasteiger partial charge in [-0.25, -0.2) is 0 Å². The van der Waals surface area contributed by atoms with E-state index in [1.54, 1.807) is 0 Å². The lowest BCUT2D eigenvalue weighted by atomic mass is 9.81. The van der Waals surface area contributed by atoms with Crippen molar-refractivity contribution in [3.05, 3.63) is 0 Å². The lowest BCUT2D eigenvalue weighted by Gasteiger charge is -2.20. The number of likely N-dealkylation sites (tertiary alicyclic amines) is 1. The van der Waals surface area contributed by atoms with Gasteiger partial charge in [0.15, 0.2) is 0 Å². The standard InChI is InChI=1S/C14H19NO3/c16-13-11-8-3-4-9(6-8)12(11)14(17)15(13)7-10-2-1-5-18-10/h8-12H,1-7H2/t8-,9-,10-,11+,12+/m0/s1. The van der Waals surface area contributed by atoms with E-state index in [4.69, 9.17) is 4.74 Å². The SMILES string of the molecule is O=C1[C@@H]2[C@H]3CC[C@@H](C3)[C@H]2C(=O)N1C[C@@H]1CCCO1. The number of amides is 2. The lowest BCUT2D eigenvalue weighted by molar-refractivity contribution is -0.142. The number of hydrogen-bond acceptors (Lipinski definition) is 3. The van der Waals surface area contributed by atoms with Crippen LogP contribution < -0.4 is 0 Å². The fourth-order valence-corrected chi connectivity index (χ4v) is 4.64. The van der Waals surface area contributed by atoms with Crippen LogP contribution in [0, 0.1) is 23.7 Å². The van der Waals surface area contributed by atoms with Gasteiger partial charge >= 0.3 is 0 Å². The first kappa shape index (κ1) is 11.0. The van der Waals surface area contributed by atoms with Gasteiger partial charge in [0.1, 0.15) is 0 Å². The van der Waals surface area contributed by atoms with Crippen molar-refractivity contribution >= 4 is 11.8 Å². The zero-order valence-corrected chi connectivity index (χ0v) is 10.5. The van der Waals surface area contributed by atoms with Crippen LogP contribution in [0.15, 0.2) is 0 Å². The summed E-state index contributed by atoms with van der Waals surface area (Å²) < 4.78 is 5.56. The van der Waals surface area contributed by atoms with Gasteiger partial charge < -0.3 is 4.74 Å². The van der Waals surface area contributed by atoms with E-state index in [0.717, 1.165) is 38.7 Å². The van der Waals surface area contributed by atoms with Crippen LogP contribution in [0.1, 0.15) is 32.1 Å². The Kier molecular flexibility index (Phi) is 2.31. The molecule has 2 aliphatic carbocycles. The molecule has 0 unspecified atom stereocenters. The van der Waals surface area contributed by atoms with Gasteiger partial charge in [0, 0.05) is 6.61 Å². The molecule has 4 fully saturated rings. The highest BCUT2D eigenvalue weighted by Crippen LogP contribution is 2.56. The topological polar surface area (TPSA) is 46.6 Å². The molecule has 18 heavy (non-hydrogen) atoms. The van der Waals surface area contributed by atoms with E-state index in [0.29, 0.717) is 18.4 Å². The van der Waals surface area contributed by atoms with Crippen LogP contribution in [0.5, 0.6) is 0 Å². The molecule has 2 amide bonds. The summed E-state index contributed by atoms with van der Waals surface area (Å²) in [5.41, 5.74) is 0. The van der Waals surface area contributed by atoms with Crippen LogP contribution >= 0.6 is 0 Å². The minimum Gasteiger partial charge on any atom is -0.376 e. The molecule has 98 valence electrons. The van der Waals surface area contributed by atoms with Gasteiger partial charge in [0.2, 0.25) is 11.8 Å². The number of carbonyl (C=O) groups is 2. The van der Waals surface area contributed by atoms with E-state index in [-0.39, 0.29) is 29.8 Å². The maximum atomic E-state index is 12.4. The number of hydrogen-bond donors (Lipinski definition) is 0. The first-order chi connectivity index (χ1) is 8.75. The van der Waals surface area contributed by atoms with Crippen molar-refractivity contribution in [1.29, 1.82) is 0 Å². The average Bonchev–Trinajstić information content (AvgIpc) is 3.10. The minimum atomic E-state index is 0.0256. The molecule has 5 atom stereocenters. The van der Waals surface area contributed by atoms with E-state index in [1.165, 1.54) is 4.90 Å². The largest absolute Gasteiger partial charge is 0.376 e. The van der Waals surface area contributed by atoms with Crippen molar-refractivity contribution in [2.45, 2.75) is 38.2 Å². The van der Waals surface area contributed by atoms with Crippen LogP contribution in [0.3, 0.4) is 0 Å². The van der Waals surface area contributed by atoms with E-state index < -0.39 is 0 Å². The van der Waals surface area contributed by atoms with Gasteiger partial charge in [-0.3, -0.25) is 14.5 Å². The molecule has 0 aromatic heterocycles. The summed E-state index contributed by atoms with van der Waals surface area (Å²) in [7, 11) is 0. The van der Waals surface area contributed by atoms with Gasteiger partial charge in [-0.15, -0.1) is 0 Å². The van der Waals surface area contributed by atoms with Crippen LogP contribution in [-0.2, 0) is 14.3 Å². The summed E-state index contributed by atoms with van der Waals surface area (Å²) in [4.78, 5) is 26.4. The summed E-state index contributed by atoms with van der Waals surface area (Å²) in [6, 6.07) is 0. The summed E-state index contributed by atoms with van der Waals surface area (Å²) >= 11 is 0. The molecule has 0 aromatic rings. The Morgan fingerprint density at radius 3 is 2.28 bits per heavy atom. The Balaban J connectivity index is 1.55. The second kappa shape index (κ2) is 3.80. The smallest absolute Gasteiger partial charge is 0.233 e. The fourth-order valence-electron chi connectivity index (χ4n) is 4.64. The molecule has 0 radical (unpaired) electrons. The summed E-state index contributed by atoms with van der Waals surface area (Å²) in [6.45, 7) is 1.28. The van der Waals surface area contributed by atoms with Crippen molar-refractivity contribution in [1.82, 2.24) is 4.90 Å². The number of ether oxygens (including phenoxy) is 1. The van der Waals surface area contributed by atoms with E-state index in [1.807, 2.05) is 0 Å². The average molecular weight is 249 g/mol. The Hall–Kier alpha value is -0.900. The van der Waals surface area contributed by atoms with Crippen molar-refractivity contribution in [2.24, 2.45) is 23.7 Å². The van der Waals surface area contributed by atoms with Gasteiger partial charge in [0.05, 0.1) is 24.5 Å². The van der Waals surface area contributed by atoms with Crippen molar-refractivity contribution in [3.63, 3.8) is 0 Å². The maximum absolute atomic E-state index is 12.4. The summed E-state index contributed by atoms with van der Waals surface area (Å²) in [5.74, 6) is 1.24. The highest BCUT2D eigenvalue weighted by atomic mass is 16.5. The van der Waals surface area contributed by atoms with Gasteiger partial charge in [0.25, 0.3) is 0 Å². The zero-order valence-electron chi connectivity index (χ0n) is 10.5. The number of rotatable bonds is 2. The first-order valence-corrected chi connectivity index (χ1v) is 7.22. The fraction of sp³-hybridized carbons (Fsp3) is 0.857. The molecule has 0 N–H and O–H groups in total. The lowest BCUT2D eigenvalue weighted by Crippen LogP contribution is -2.38. The third-order valence-corrected chi connectivity index (χ3v) is 5.43. The summed E-state index contributed by atoms with van der Waals surface area (Å²) in [6.07, 6.45) is 5.55. The van der Waals surface area contributed by atoms with E-state index >= 15 is 0 Å². The molecule has 0 spiro atoms.